The van der Waals surface area contributed by atoms with Crippen LogP contribution in [-0.2, 0) is 4.79 Å². The van der Waals surface area contributed by atoms with E-state index in [-0.39, 0.29) is 5.91 Å². The van der Waals surface area contributed by atoms with E-state index in [9.17, 15) is 4.79 Å². The van der Waals surface area contributed by atoms with E-state index in [1.807, 2.05) is 6.07 Å². The Labute approximate surface area is 144 Å². The van der Waals surface area contributed by atoms with Gasteiger partial charge in [-0.15, -0.1) is 0 Å². The summed E-state index contributed by atoms with van der Waals surface area (Å²) in [5, 5.41) is 18.3. The fourth-order valence-corrected chi connectivity index (χ4v) is 2.28. The number of amides is 1. The Morgan fingerprint density at radius 1 is 1.04 bits per heavy atom. The van der Waals surface area contributed by atoms with Gasteiger partial charge in [0, 0.05) is 24.0 Å². The van der Waals surface area contributed by atoms with Gasteiger partial charge >= 0.3 is 0 Å². The van der Waals surface area contributed by atoms with E-state index in [1.54, 1.807) is 42.5 Å². The Morgan fingerprint density at radius 2 is 1.57 bits per heavy atom. The molecule has 0 unspecified atom stereocenters. The number of hydrogen-bond acceptors (Lipinski definition) is 3. The maximum Gasteiger partial charge on any atom is 0.221 e. The van der Waals surface area contributed by atoms with Crippen LogP contribution in [0.1, 0.15) is 12.5 Å². The van der Waals surface area contributed by atoms with Gasteiger partial charge in [-0.2, -0.15) is 5.26 Å². The summed E-state index contributed by atoms with van der Waals surface area (Å²) in [5.74, 6) is -0.124. The van der Waals surface area contributed by atoms with Crippen molar-refractivity contribution >= 4 is 51.9 Å². The Bertz CT molecular complexity index is 784. The molecule has 2 rings (SSSR count). The second-order valence-electron chi connectivity index (χ2n) is 4.64. The van der Waals surface area contributed by atoms with Crippen molar-refractivity contribution in [1.29, 1.82) is 5.26 Å². The van der Waals surface area contributed by atoms with Crippen molar-refractivity contribution < 1.29 is 4.79 Å². The van der Waals surface area contributed by atoms with Crippen LogP contribution in [0, 0.1) is 11.3 Å². The molecule has 0 aliphatic heterocycles. The molecule has 2 aromatic rings. The molecule has 0 fully saturated rings. The van der Waals surface area contributed by atoms with Crippen molar-refractivity contribution in [3.05, 3.63) is 53.1 Å². The van der Waals surface area contributed by atoms with Crippen LogP contribution >= 0.6 is 23.8 Å². The van der Waals surface area contributed by atoms with Gasteiger partial charge in [-0.3, -0.25) is 4.79 Å². The van der Waals surface area contributed by atoms with E-state index >= 15 is 0 Å². The summed E-state index contributed by atoms with van der Waals surface area (Å²) in [6.07, 6.45) is 0. The monoisotopic (exact) mass is 344 g/mol. The molecule has 0 radical (unpaired) electrons. The lowest BCUT2D eigenvalue weighted by molar-refractivity contribution is -0.114. The van der Waals surface area contributed by atoms with E-state index in [0.29, 0.717) is 27.1 Å². The predicted molar refractivity (Wildman–Crippen MR) is 96.8 cm³/mol. The standard InChI is InChI=1S/C16H13ClN4OS/c1-10(22)19-12-4-6-13(7-5-12)20-16(23)21-14-3-2-11(9-18)15(17)8-14/h2-8H,1H3,(H,19,22)(H2,20,21,23). The van der Waals surface area contributed by atoms with Crippen LogP contribution in [0.25, 0.3) is 0 Å². The molecule has 2 aromatic carbocycles. The first-order valence-electron chi connectivity index (χ1n) is 6.63. The highest BCUT2D eigenvalue weighted by Crippen LogP contribution is 2.20. The summed E-state index contributed by atoms with van der Waals surface area (Å²) in [6, 6.07) is 14.1. The maximum absolute atomic E-state index is 11.0. The lowest BCUT2D eigenvalue weighted by atomic mass is 10.2. The molecule has 1 amide bonds. The normalized spacial score (nSPS) is 9.61. The number of hydrogen-bond donors (Lipinski definition) is 3. The van der Waals surface area contributed by atoms with E-state index in [0.717, 1.165) is 5.69 Å². The molecule has 0 spiro atoms. The van der Waals surface area contributed by atoms with Crippen molar-refractivity contribution in [2.45, 2.75) is 6.92 Å². The minimum atomic E-state index is -0.124. The average Bonchev–Trinajstić information content (AvgIpc) is 2.49. The number of nitriles is 1. The van der Waals surface area contributed by atoms with E-state index in [1.165, 1.54) is 6.92 Å². The highest BCUT2D eigenvalue weighted by atomic mass is 35.5. The molecule has 0 bridgehead atoms. The third-order valence-corrected chi connectivity index (χ3v) is 3.33. The Morgan fingerprint density at radius 3 is 2.09 bits per heavy atom. The van der Waals surface area contributed by atoms with Gasteiger partial charge in [0.15, 0.2) is 5.11 Å². The van der Waals surface area contributed by atoms with Crippen molar-refractivity contribution in [3.63, 3.8) is 0 Å². The Hall–Kier alpha value is -2.62. The molecule has 5 nitrogen and oxygen atoms in total. The fraction of sp³-hybridized carbons (Fsp3) is 0.0625. The first-order chi connectivity index (χ1) is 11.0. The summed E-state index contributed by atoms with van der Waals surface area (Å²) in [4.78, 5) is 11.0. The van der Waals surface area contributed by atoms with Gasteiger partial charge < -0.3 is 16.0 Å². The zero-order valence-corrected chi connectivity index (χ0v) is 13.8. The van der Waals surface area contributed by atoms with E-state index in [4.69, 9.17) is 29.1 Å². The highest BCUT2D eigenvalue weighted by molar-refractivity contribution is 7.80. The fourth-order valence-electron chi connectivity index (χ4n) is 1.82. The van der Waals surface area contributed by atoms with Crippen LogP contribution in [-0.4, -0.2) is 11.0 Å². The van der Waals surface area contributed by atoms with E-state index < -0.39 is 0 Å². The van der Waals surface area contributed by atoms with Crippen molar-refractivity contribution in [2.75, 3.05) is 16.0 Å². The summed E-state index contributed by atoms with van der Waals surface area (Å²) in [6.45, 7) is 1.45. The third kappa shape index (κ3) is 4.95. The number of nitrogens with zero attached hydrogens (tertiary/aromatic N) is 1. The van der Waals surface area contributed by atoms with Gasteiger partial charge in [0.25, 0.3) is 0 Å². The number of carbonyl (C=O) groups is 1. The molecule has 116 valence electrons. The molecular weight excluding hydrogens is 332 g/mol. The molecule has 0 aliphatic rings. The molecule has 23 heavy (non-hydrogen) atoms. The average molecular weight is 345 g/mol. The molecule has 0 aliphatic carbocycles. The largest absolute Gasteiger partial charge is 0.332 e. The van der Waals surface area contributed by atoms with Crippen LogP contribution in [0.3, 0.4) is 0 Å². The van der Waals surface area contributed by atoms with Crippen LogP contribution < -0.4 is 16.0 Å². The first kappa shape index (κ1) is 16.7. The van der Waals surface area contributed by atoms with E-state index in [2.05, 4.69) is 16.0 Å². The van der Waals surface area contributed by atoms with Crippen LogP contribution in [0.5, 0.6) is 0 Å². The van der Waals surface area contributed by atoms with Gasteiger partial charge in [-0.05, 0) is 54.7 Å². The lowest BCUT2D eigenvalue weighted by Gasteiger charge is -2.11. The summed E-state index contributed by atoms with van der Waals surface area (Å²) < 4.78 is 0. The smallest absolute Gasteiger partial charge is 0.221 e. The van der Waals surface area contributed by atoms with Gasteiger partial charge in [-0.25, -0.2) is 0 Å². The minimum absolute atomic E-state index is 0.124. The summed E-state index contributed by atoms with van der Waals surface area (Å²) >= 11 is 11.2. The second kappa shape index (κ2) is 7.58. The van der Waals surface area contributed by atoms with Crippen LogP contribution in [0.4, 0.5) is 17.1 Å². The number of thiocarbonyl (C=S) groups is 1. The predicted octanol–water partition coefficient (Wildman–Crippen LogP) is 3.98. The third-order valence-electron chi connectivity index (χ3n) is 2.81. The number of benzene rings is 2. The molecule has 3 N–H and O–H groups in total. The van der Waals surface area contributed by atoms with Crippen molar-refractivity contribution in [3.8, 4) is 6.07 Å². The molecule has 0 atom stereocenters. The topological polar surface area (TPSA) is 77.0 Å². The zero-order valence-electron chi connectivity index (χ0n) is 12.2. The van der Waals surface area contributed by atoms with Gasteiger partial charge in [-0.1, -0.05) is 11.6 Å². The Kier molecular flexibility index (Phi) is 5.52. The molecule has 0 saturated carbocycles. The Balaban J connectivity index is 1.98. The second-order valence-corrected chi connectivity index (χ2v) is 5.46. The SMILES string of the molecule is CC(=O)Nc1ccc(NC(=S)Nc2ccc(C#N)c(Cl)c2)cc1. The first-order valence-corrected chi connectivity index (χ1v) is 7.42. The number of anilines is 3. The minimum Gasteiger partial charge on any atom is -0.332 e. The van der Waals surface area contributed by atoms with Crippen molar-refractivity contribution in [2.24, 2.45) is 0 Å². The quantitative estimate of drug-likeness (QED) is 0.734. The molecule has 0 saturated heterocycles. The summed E-state index contributed by atoms with van der Waals surface area (Å²) in [5.41, 5.74) is 2.57. The van der Waals surface area contributed by atoms with Crippen molar-refractivity contribution in [1.82, 2.24) is 0 Å². The summed E-state index contributed by atoms with van der Waals surface area (Å²) in [7, 11) is 0. The maximum atomic E-state index is 11.0. The molecule has 0 aromatic heterocycles. The van der Waals surface area contributed by atoms with Crippen LogP contribution in [0.2, 0.25) is 5.02 Å². The van der Waals surface area contributed by atoms with Gasteiger partial charge in [0.2, 0.25) is 5.91 Å². The number of halogens is 1. The molecular formula is C16H13ClN4OS. The van der Waals surface area contributed by atoms with Crippen LogP contribution in [0.15, 0.2) is 42.5 Å². The molecule has 7 heteroatoms. The van der Waals surface area contributed by atoms with Gasteiger partial charge in [0.1, 0.15) is 6.07 Å². The van der Waals surface area contributed by atoms with Gasteiger partial charge in [0.05, 0.1) is 10.6 Å². The molecule has 0 heterocycles. The highest BCUT2D eigenvalue weighted by Gasteiger charge is 2.03. The number of carbonyl (C=O) groups excluding carboxylic acids is 1. The lowest BCUT2D eigenvalue weighted by Crippen LogP contribution is -2.19. The number of nitrogens with one attached hydrogen (secondary N) is 3. The zero-order chi connectivity index (χ0) is 16.8. The number of rotatable bonds is 3.